The summed E-state index contributed by atoms with van der Waals surface area (Å²) < 4.78 is 0. The van der Waals surface area contributed by atoms with Gasteiger partial charge in [-0.05, 0) is 24.1 Å². The van der Waals surface area contributed by atoms with E-state index in [1.807, 2.05) is 24.3 Å². The van der Waals surface area contributed by atoms with Crippen LogP contribution in [0.1, 0.15) is 17.4 Å². The molecule has 1 heterocycles. The molecule has 1 aromatic carbocycles. The number of halogens is 1. The van der Waals surface area contributed by atoms with Crippen molar-refractivity contribution >= 4 is 27.9 Å². The summed E-state index contributed by atoms with van der Waals surface area (Å²) in [5.41, 5.74) is 8.39. The van der Waals surface area contributed by atoms with Crippen molar-refractivity contribution in [2.45, 2.75) is 13.3 Å². The van der Waals surface area contributed by atoms with Crippen LogP contribution >= 0.6 is 22.9 Å². The second-order valence-electron chi connectivity index (χ2n) is 3.61. The van der Waals surface area contributed by atoms with Crippen molar-refractivity contribution in [2.75, 3.05) is 5.73 Å². The summed E-state index contributed by atoms with van der Waals surface area (Å²) in [7, 11) is 0. The SMILES string of the molecule is CCc1sc(N)c(C#N)c1-c1ccc(Cl)cc1. The Morgan fingerprint density at radius 3 is 2.53 bits per heavy atom. The lowest BCUT2D eigenvalue weighted by molar-refractivity contribution is 1.19. The molecule has 0 spiro atoms. The van der Waals surface area contributed by atoms with Gasteiger partial charge in [0.15, 0.2) is 0 Å². The molecule has 17 heavy (non-hydrogen) atoms. The largest absolute Gasteiger partial charge is 0.389 e. The summed E-state index contributed by atoms with van der Waals surface area (Å²) in [4.78, 5) is 1.14. The lowest BCUT2D eigenvalue weighted by Crippen LogP contribution is -1.87. The predicted octanol–water partition coefficient (Wildman–Crippen LogP) is 4.08. The summed E-state index contributed by atoms with van der Waals surface area (Å²) in [5, 5.41) is 10.5. The number of nitriles is 1. The first-order valence-electron chi connectivity index (χ1n) is 5.24. The molecule has 0 fully saturated rings. The van der Waals surface area contributed by atoms with Crippen molar-refractivity contribution in [3.63, 3.8) is 0 Å². The summed E-state index contributed by atoms with van der Waals surface area (Å²) in [5.74, 6) is 0. The molecule has 86 valence electrons. The molecule has 0 saturated heterocycles. The third kappa shape index (κ3) is 2.14. The van der Waals surface area contributed by atoms with E-state index in [2.05, 4.69) is 13.0 Å². The van der Waals surface area contributed by atoms with E-state index in [1.165, 1.54) is 11.3 Å². The van der Waals surface area contributed by atoms with E-state index in [1.54, 1.807) is 0 Å². The number of hydrogen-bond acceptors (Lipinski definition) is 3. The van der Waals surface area contributed by atoms with Crippen LogP contribution in [0.3, 0.4) is 0 Å². The zero-order chi connectivity index (χ0) is 12.4. The van der Waals surface area contributed by atoms with Crippen LogP contribution in [0.2, 0.25) is 5.02 Å². The lowest BCUT2D eigenvalue weighted by atomic mass is 10.0. The molecule has 0 atom stereocenters. The molecule has 2 aromatic rings. The Labute approximate surface area is 109 Å². The molecule has 4 heteroatoms. The molecule has 0 saturated carbocycles. The van der Waals surface area contributed by atoms with Gasteiger partial charge >= 0.3 is 0 Å². The van der Waals surface area contributed by atoms with Crippen LogP contribution in [0.25, 0.3) is 11.1 Å². The first-order valence-corrected chi connectivity index (χ1v) is 6.44. The highest BCUT2D eigenvalue weighted by Crippen LogP contribution is 2.38. The molecule has 2 rings (SSSR count). The van der Waals surface area contributed by atoms with Gasteiger partial charge in [0.25, 0.3) is 0 Å². The van der Waals surface area contributed by atoms with Gasteiger partial charge in [0.2, 0.25) is 0 Å². The van der Waals surface area contributed by atoms with Crippen LogP contribution in [0, 0.1) is 11.3 Å². The van der Waals surface area contributed by atoms with Gasteiger partial charge in [-0.15, -0.1) is 11.3 Å². The first kappa shape index (κ1) is 12.0. The van der Waals surface area contributed by atoms with Crippen LogP contribution in [0.15, 0.2) is 24.3 Å². The topological polar surface area (TPSA) is 49.8 Å². The van der Waals surface area contributed by atoms with Crippen LogP contribution in [0.4, 0.5) is 5.00 Å². The van der Waals surface area contributed by atoms with Gasteiger partial charge in [0, 0.05) is 15.5 Å². The maximum absolute atomic E-state index is 9.17. The van der Waals surface area contributed by atoms with Crippen molar-refractivity contribution in [3.05, 3.63) is 39.7 Å². The van der Waals surface area contributed by atoms with E-state index in [9.17, 15) is 5.26 Å². The van der Waals surface area contributed by atoms with Crippen molar-refractivity contribution in [2.24, 2.45) is 0 Å². The van der Waals surface area contributed by atoms with Gasteiger partial charge < -0.3 is 5.73 Å². The molecule has 0 aliphatic rings. The number of nitrogen functional groups attached to an aromatic ring is 1. The molecule has 0 radical (unpaired) electrons. The van der Waals surface area contributed by atoms with Crippen LogP contribution < -0.4 is 5.73 Å². The van der Waals surface area contributed by atoms with E-state index in [0.717, 1.165) is 22.4 Å². The van der Waals surface area contributed by atoms with Gasteiger partial charge in [0.05, 0.1) is 5.56 Å². The zero-order valence-electron chi connectivity index (χ0n) is 9.33. The van der Waals surface area contributed by atoms with Crippen molar-refractivity contribution < 1.29 is 0 Å². The fraction of sp³-hybridized carbons (Fsp3) is 0.154. The third-order valence-electron chi connectivity index (χ3n) is 2.57. The Kier molecular flexibility index (Phi) is 3.37. The smallest absolute Gasteiger partial charge is 0.105 e. The number of thiophene rings is 1. The Balaban J connectivity index is 2.65. The van der Waals surface area contributed by atoms with Gasteiger partial charge in [-0.1, -0.05) is 30.7 Å². The molecular formula is C13H11ClN2S. The minimum Gasteiger partial charge on any atom is -0.389 e. The van der Waals surface area contributed by atoms with E-state index in [4.69, 9.17) is 17.3 Å². The Morgan fingerprint density at radius 1 is 1.35 bits per heavy atom. The standard InChI is InChI=1S/C13H11ClN2S/c1-2-11-12(10(7-15)13(16)17-11)8-3-5-9(14)6-4-8/h3-6H,2,16H2,1H3. The fourth-order valence-electron chi connectivity index (χ4n) is 1.78. The highest BCUT2D eigenvalue weighted by Gasteiger charge is 2.16. The summed E-state index contributed by atoms with van der Waals surface area (Å²) in [6.45, 7) is 2.06. The van der Waals surface area contributed by atoms with E-state index < -0.39 is 0 Å². The minimum absolute atomic E-state index is 0.578. The number of benzene rings is 1. The van der Waals surface area contributed by atoms with E-state index >= 15 is 0 Å². The average molecular weight is 263 g/mol. The maximum Gasteiger partial charge on any atom is 0.105 e. The number of anilines is 1. The molecule has 0 amide bonds. The zero-order valence-corrected chi connectivity index (χ0v) is 10.9. The highest BCUT2D eigenvalue weighted by molar-refractivity contribution is 7.16. The monoisotopic (exact) mass is 262 g/mol. The van der Waals surface area contributed by atoms with Crippen molar-refractivity contribution in [1.82, 2.24) is 0 Å². The molecule has 0 aliphatic carbocycles. The molecule has 0 aliphatic heterocycles. The Morgan fingerprint density at radius 2 is 2.00 bits per heavy atom. The second-order valence-corrected chi connectivity index (χ2v) is 5.18. The van der Waals surface area contributed by atoms with Gasteiger partial charge in [-0.2, -0.15) is 5.26 Å². The average Bonchev–Trinajstić information content (AvgIpc) is 2.66. The number of aryl methyl sites for hydroxylation is 1. The van der Waals surface area contributed by atoms with Crippen LogP contribution in [-0.4, -0.2) is 0 Å². The summed E-state index contributed by atoms with van der Waals surface area (Å²) >= 11 is 7.35. The van der Waals surface area contributed by atoms with Crippen LogP contribution in [-0.2, 0) is 6.42 Å². The molecule has 1 aromatic heterocycles. The number of rotatable bonds is 2. The molecule has 2 nitrogen and oxygen atoms in total. The van der Waals surface area contributed by atoms with E-state index in [-0.39, 0.29) is 0 Å². The van der Waals surface area contributed by atoms with Crippen molar-refractivity contribution in [3.8, 4) is 17.2 Å². The minimum atomic E-state index is 0.578. The normalized spacial score (nSPS) is 10.2. The molecule has 2 N–H and O–H groups in total. The van der Waals surface area contributed by atoms with Crippen LogP contribution in [0.5, 0.6) is 0 Å². The third-order valence-corrected chi connectivity index (χ3v) is 3.99. The first-order chi connectivity index (χ1) is 8.17. The second kappa shape index (κ2) is 4.79. The predicted molar refractivity (Wildman–Crippen MR) is 73.3 cm³/mol. The van der Waals surface area contributed by atoms with Gasteiger partial charge in [-0.25, -0.2) is 0 Å². The Hall–Kier alpha value is -1.50. The maximum atomic E-state index is 9.17. The van der Waals surface area contributed by atoms with Crippen molar-refractivity contribution in [1.29, 1.82) is 5.26 Å². The van der Waals surface area contributed by atoms with Gasteiger partial charge in [-0.3, -0.25) is 0 Å². The van der Waals surface area contributed by atoms with Gasteiger partial charge in [0.1, 0.15) is 11.1 Å². The molecular weight excluding hydrogens is 252 g/mol. The molecule has 0 unspecified atom stereocenters. The highest BCUT2D eigenvalue weighted by atomic mass is 35.5. The summed E-state index contributed by atoms with van der Waals surface area (Å²) in [6.07, 6.45) is 0.870. The lowest BCUT2D eigenvalue weighted by Gasteiger charge is -2.03. The quantitative estimate of drug-likeness (QED) is 0.886. The number of nitrogens with zero attached hydrogens (tertiary/aromatic N) is 1. The summed E-state index contributed by atoms with van der Waals surface area (Å²) in [6, 6.07) is 9.67. The van der Waals surface area contributed by atoms with E-state index in [0.29, 0.717) is 15.6 Å². The Bertz CT molecular complexity index is 579. The number of nitrogens with two attached hydrogens (primary N) is 1. The fourth-order valence-corrected chi connectivity index (χ4v) is 2.89. The molecule has 0 bridgehead atoms. The number of hydrogen-bond donors (Lipinski definition) is 1.